The normalized spacial score (nSPS) is 10.4. The van der Waals surface area contributed by atoms with Crippen LogP contribution in [0.1, 0.15) is 11.1 Å². The summed E-state index contributed by atoms with van der Waals surface area (Å²) in [7, 11) is 0. The number of aryl methyl sites for hydroxylation is 1. The van der Waals surface area contributed by atoms with Gasteiger partial charge in [-0.1, -0.05) is 30.3 Å². The Morgan fingerprint density at radius 1 is 1.00 bits per heavy atom. The Labute approximate surface area is 114 Å². The van der Waals surface area contributed by atoms with Crippen molar-refractivity contribution in [3.05, 3.63) is 59.7 Å². The van der Waals surface area contributed by atoms with Gasteiger partial charge in [0.1, 0.15) is 12.4 Å². The molecule has 3 nitrogen and oxygen atoms in total. The number of ether oxygens (including phenoxy) is 2. The summed E-state index contributed by atoms with van der Waals surface area (Å²) in [6, 6.07) is 15.8. The first-order valence-corrected chi connectivity index (χ1v) is 6.36. The topological polar surface area (TPSA) is 44.5 Å². The first kappa shape index (κ1) is 13.4. The van der Waals surface area contributed by atoms with Crippen molar-refractivity contribution in [1.82, 2.24) is 0 Å². The number of hydrogen-bond acceptors (Lipinski definition) is 3. The first-order valence-electron chi connectivity index (χ1n) is 6.36. The summed E-state index contributed by atoms with van der Waals surface area (Å²) in [6.45, 7) is 3.69. The molecule has 19 heavy (non-hydrogen) atoms. The van der Waals surface area contributed by atoms with E-state index in [4.69, 9.17) is 15.2 Å². The minimum atomic E-state index is 0.538. The van der Waals surface area contributed by atoms with Gasteiger partial charge in [0, 0.05) is 5.69 Å². The number of benzene rings is 2. The van der Waals surface area contributed by atoms with E-state index < -0.39 is 0 Å². The molecule has 2 aromatic rings. The summed E-state index contributed by atoms with van der Waals surface area (Å²) in [4.78, 5) is 0. The molecule has 3 heteroatoms. The average Bonchev–Trinajstić information content (AvgIpc) is 2.43. The van der Waals surface area contributed by atoms with Gasteiger partial charge < -0.3 is 15.2 Å². The monoisotopic (exact) mass is 257 g/mol. The lowest BCUT2D eigenvalue weighted by Crippen LogP contribution is -2.07. The Balaban J connectivity index is 1.68. The summed E-state index contributed by atoms with van der Waals surface area (Å²) in [5.74, 6) is 0.829. The van der Waals surface area contributed by atoms with Gasteiger partial charge in [-0.3, -0.25) is 0 Å². The zero-order chi connectivity index (χ0) is 13.5. The average molecular weight is 257 g/mol. The Kier molecular flexibility index (Phi) is 4.81. The minimum Gasteiger partial charge on any atom is -0.491 e. The highest BCUT2D eigenvalue weighted by Gasteiger charge is 1.98. The summed E-state index contributed by atoms with van der Waals surface area (Å²) in [5.41, 5.74) is 8.74. The van der Waals surface area contributed by atoms with Crippen LogP contribution in [0.5, 0.6) is 5.75 Å². The van der Waals surface area contributed by atoms with E-state index in [1.807, 2.05) is 55.5 Å². The van der Waals surface area contributed by atoms with Crippen LogP contribution in [-0.4, -0.2) is 13.2 Å². The zero-order valence-corrected chi connectivity index (χ0v) is 11.1. The van der Waals surface area contributed by atoms with Crippen LogP contribution in [0.2, 0.25) is 0 Å². The highest BCUT2D eigenvalue weighted by Crippen LogP contribution is 2.18. The molecule has 2 N–H and O–H groups in total. The third-order valence-corrected chi connectivity index (χ3v) is 2.85. The molecule has 2 aromatic carbocycles. The number of rotatable bonds is 6. The van der Waals surface area contributed by atoms with E-state index in [0.29, 0.717) is 19.8 Å². The molecule has 0 radical (unpaired) electrons. The predicted octanol–water partition coefficient (Wildman–Crippen LogP) is 3.17. The molecule has 0 bridgehead atoms. The van der Waals surface area contributed by atoms with Crippen LogP contribution in [0.4, 0.5) is 5.69 Å². The van der Waals surface area contributed by atoms with Gasteiger partial charge in [-0.05, 0) is 36.2 Å². The second kappa shape index (κ2) is 6.81. The lowest BCUT2D eigenvalue weighted by molar-refractivity contribution is 0.0889. The molecule has 0 aromatic heterocycles. The maximum atomic E-state index is 5.75. The number of nitrogen functional groups attached to an aromatic ring is 1. The number of anilines is 1. The van der Waals surface area contributed by atoms with Crippen LogP contribution in [0.25, 0.3) is 0 Å². The summed E-state index contributed by atoms with van der Waals surface area (Å²) >= 11 is 0. The fourth-order valence-electron chi connectivity index (χ4n) is 1.72. The van der Waals surface area contributed by atoms with E-state index in [-0.39, 0.29) is 0 Å². The second-order valence-electron chi connectivity index (χ2n) is 4.41. The molecule has 0 saturated heterocycles. The fraction of sp³-hybridized carbons (Fsp3) is 0.250. The van der Waals surface area contributed by atoms with Crippen molar-refractivity contribution in [2.75, 3.05) is 18.9 Å². The van der Waals surface area contributed by atoms with Gasteiger partial charge in [0.05, 0.1) is 13.2 Å². The van der Waals surface area contributed by atoms with Crippen molar-refractivity contribution in [1.29, 1.82) is 0 Å². The highest BCUT2D eigenvalue weighted by molar-refractivity contribution is 5.49. The summed E-state index contributed by atoms with van der Waals surface area (Å²) < 4.78 is 11.1. The molecule has 2 rings (SSSR count). The van der Waals surface area contributed by atoms with E-state index >= 15 is 0 Å². The Morgan fingerprint density at radius 2 is 1.79 bits per heavy atom. The fourth-order valence-corrected chi connectivity index (χ4v) is 1.72. The molecule has 0 heterocycles. The van der Waals surface area contributed by atoms with E-state index in [1.54, 1.807) is 0 Å². The van der Waals surface area contributed by atoms with E-state index in [1.165, 1.54) is 5.56 Å². The molecule has 0 unspecified atom stereocenters. The molecule has 0 atom stereocenters. The number of hydrogen-bond donors (Lipinski definition) is 1. The van der Waals surface area contributed by atoms with Crippen LogP contribution < -0.4 is 10.5 Å². The smallest absolute Gasteiger partial charge is 0.119 e. The van der Waals surface area contributed by atoms with Crippen molar-refractivity contribution in [3.8, 4) is 5.75 Å². The summed E-state index contributed by atoms with van der Waals surface area (Å²) in [6.07, 6.45) is 0. The zero-order valence-electron chi connectivity index (χ0n) is 11.1. The van der Waals surface area contributed by atoms with Crippen molar-refractivity contribution in [3.63, 3.8) is 0 Å². The van der Waals surface area contributed by atoms with Crippen LogP contribution in [-0.2, 0) is 11.3 Å². The quantitative estimate of drug-likeness (QED) is 0.638. The molecule has 100 valence electrons. The van der Waals surface area contributed by atoms with E-state index in [2.05, 4.69) is 0 Å². The van der Waals surface area contributed by atoms with Gasteiger partial charge in [0.2, 0.25) is 0 Å². The summed E-state index contributed by atoms with van der Waals surface area (Å²) in [5, 5.41) is 0. The van der Waals surface area contributed by atoms with Gasteiger partial charge in [0.15, 0.2) is 0 Å². The van der Waals surface area contributed by atoms with Gasteiger partial charge >= 0.3 is 0 Å². The standard InChI is InChI=1S/C16H19NO2/c1-13-11-15(7-8-16(13)17)19-10-9-18-12-14-5-3-2-4-6-14/h2-8,11H,9-10,12,17H2,1H3. The molecule has 0 aliphatic heterocycles. The molecular weight excluding hydrogens is 238 g/mol. The Morgan fingerprint density at radius 3 is 2.53 bits per heavy atom. The number of nitrogens with two attached hydrogens (primary N) is 1. The SMILES string of the molecule is Cc1cc(OCCOCc2ccccc2)ccc1N. The van der Waals surface area contributed by atoms with Crippen LogP contribution >= 0.6 is 0 Å². The molecule has 0 aliphatic carbocycles. The van der Waals surface area contributed by atoms with Crippen molar-refractivity contribution < 1.29 is 9.47 Å². The first-order chi connectivity index (χ1) is 9.25. The lowest BCUT2D eigenvalue weighted by Gasteiger charge is -2.09. The molecule has 0 spiro atoms. The van der Waals surface area contributed by atoms with Crippen LogP contribution in [0, 0.1) is 6.92 Å². The second-order valence-corrected chi connectivity index (χ2v) is 4.41. The molecule has 0 aliphatic rings. The Hall–Kier alpha value is -2.00. The third kappa shape index (κ3) is 4.30. The molecule has 0 fully saturated rings. The van der Waals surface area contributed by atoms with Crippen molar-refractivity contribution in [2.24, 2.45) is 0 Å². The van der Waals surface area contributed by atoms with Gasteiger partial charge in [-0.2, -0.15) is 0 Å². The van der Waals surface area contributed by atoms with Crippen molar-refractivity contribution in [2.45, 2.75) is 13.5 Å². The van der Waals surface area contributed by atoms with Gasteiger partial charge in [-0.25, -0.2) is 0 Å². The Bertz CT molecular complexity index is 511. The predicted molar refractivity (Wildman–Crippen MR) is 77.2 cm³/mol. The van der Waals surface area contributed by atoms with E-state index in [0.717, 1.165) is 17.0 Å². The lowest BCUT2D eigenvalue weighted by atomic mass is 10.2. The highest BCUT2D eigenvalue weighted by atomic mass is 16.5. The minimum absolute atomic E-state index is 0.538. The third-order valence-electron chi connectivity index (χ3n) is 2.85. The molecule has 0 saturated carbocycles. The van der Waals surface area contributed by atoms with Gasteiger partial charge in [-0.15, -0.1) is 0 Å². The maximum Gasteiger partial charge on any atom is 0.119 e. The van der Waals surface area contributed by atoms with E-state index in [9.17, 15) is 0 Å². The van der Waals surface area contributed by atoms with Crippen LogP contribution in [0.15, 0.2) is 48.5 Å². The maximum absolute atomic E-state index is 5.75. The largest absolute Gasteiger partial charge is 0.491 e. The van der Waals surface area contributed by atoms with Gasteiger partial charge in [0.25, 0.3) is 0 Å². The molecule has 0 amide bonds. The van der Waals surface area contributed by atoms with Crippen LogP contribution in [0.3, 0.4) is 0 Å². The van der Waals surface area contributed by atoms with Crippen molar-refractivity contribution >= 4 is 5.69 Å². The molecular formula is C16H19NO2.